The zero-order valence-electron chi connectivity index (χ0n) is 14.3. The van der Waals surface area contributed by atoms with Crippen molar-refractivity contribution in [3.63, 3.8) is 0 Å². The number of hydrogen-bond acceptors (Lipinski definition) is 4. The molecule has 1 amide bonds. The predicted octanol–water partition coefficient (Wildman–Crippen LogP) is 2.30. The maximum Gasteiger partial charge on any atom is 0.254 e. The van der Waals surface area contributed by atoms with Crippen LogP contribution in [0.4, 0.5) is 0 Å². The Bertz CT molecular complexity index is 752. The van der Waals surface area contributed by atoms with Gasteiger partial charge in [0.15, 0.2) is 0 Å². The van der Waals surface area contributed by atoms with Crippen LogP contribution in [0, 0.1) is 6.92 Å². The Balaban J connectivity index is 1.88. The van der Waals surface area contributed by atoms with Gasteiger partial charge in [-0.2, -0.15) is 5.10 Å². The van der Waals surface area contributed by atoms with Crippen LogP contribution in [0.3, 0.4) is 0 Å². The smallest absolute Gasteiger partial charge is 0.254 e. The molecule has 6 nitrogen and oxygen atoms in total. The molecule has 0 radical (unpaired) electrons. The Labute approximate surface area is 141 Å². The van der Waals surface area contributed by atoms with E-state index in [9.17, 15) is 9.90 Å². The fraction of sp³-hybridized carbons (Fsp3) is 0.444. The minimum absolute atomic E-state index is 0.000327. The molecule has 0 bridgehead atoms. The zero-order chi connectivity index (χ0) is 17.3. The van der Waals surface area contributed by atoms with Crippen LogP contribution in [-0.2, 0) is 13.1 Å². The van der Waals surface area contributed by atoms with Gasteiger partial charge in [0.05, 0.1) is 31.1 Å². The van der Waals surface area contributed by atoms with Crippen LogP contribution in [0.1, 0.15) is 46.8 Å². The van der Waals surface area contributed by atoms with Gasteiger partial charge in [0.1, 0.15) is 5.75 Å². The van der Waals surface area contributed by atoms with Gasteiger partial charge in [-0.15, -0.1) is 0 Å². The molecule has 1 atom stereocenters. The highest BCUT2D eigenvalue weighted by Crippen LogP contribution is 2.24. The normalized spacial score (nSPS) is 15.6. The number of rotatable bonds is 3. The van der Waals surface area contributed by atoms with Gasteiger partial charge < -0.3 is 14.7 Å². The third-order valence-electron chi connectivity index (χ3n) is 4.48. The standard InChI is InChI=1S/C18H23N3O3/c1-12-15(6-4-7-17(12)24-3)18(23)20-8-5-9-21-14(11-20)10-16(19-21)13(2)22/h4,6-7,10,13,22H,5,8-9,11H2,1-3H3/t13-/m1/s1. The molecule has 1 aromatic heterocycles. The van der Waals surface area contributed by atoms with Gasteiger partial charge in [0.25, 0.3) is 5.91 Å². The van der Waals surface area contributed by atoms with E-state index in [1.54, 1.807) is 14.0 Å². The molecule has 0 spiro atoms. The third kappa shape index (κ3) is 3.01. The second kappa shape index (κ2) is 6.65. The van der Waals surface area contributed by atoms with Gasteiger partial charge in [-0.1, -0.05) is 6.07 Å². The molecule has 128 valence electrons. The summed E-state index contributed by atoms with van der Waals surface area (Å²) in [6, 6.07) is 7.42. The number of aryl methyl sites for hydroxylation is 1. The number of aliphatic hydroxyl groups excluding tert-OH is 1. The molecule has 2 aromatic rings. The number of amides is 1. The highest BCUT2D eigenvalue weighted by molar-refractivity contribution is 5.96. The zero-order valence-corrected chi connectivity index (χ0v) is 14.3. The van der Waals surface area contributed by atoms with Crippen molar-refractivity contribution in [1.29, 1.82) is 0 Å². The van der Waals surface area contributed by atoms with Gasteiger partial charge in [-0.3, -0.25) is 9.48 Å². The summed E-state index contributed by atoms with van der Waals surface area (Å²) in [5.74, 6) is 0.719. The molecule has 1 aromatic carbocycles. The van der Waals surface area contributed by atoms with E-state index in [0.717, 1.165) is 30.0 Å². The minimum Gasteiger partial charge on any atom is -0.496 e. The van der Waals surface area contributed by atoms with Crippen molar-refractivity contribution in [3.05, 3.63) is 46.8 Å². The molecule has 1 aliphatic rings. The first kappa shape index (κ1) is 16.5. The Hall–Kier alpha value is -2.34. The third-order valence-corrected chi connectivity index (χ3v) is 4.48. The van der Waals surface area contributed by atoms with Gasteiger partial charge in [-0.25, -0.2) is 0 Å². The molecule has 1 aliphatic heterocycles. The SMILES string of the molecule is COc1cccc(C(=O)N2CCCn3nc([C@@H](C)O)cc3C2)c1C. The number of carbonyl (C=O) groups excluding carboxylic acids is 1. The fourth-order valence-corrected chi connectivity index (χ4v) is 3.10. The minimum atomic E-state index is -0.603. The van der Waals surface area contributed by atoms with Crippen molar-refractivity contribution >= 4 is 5.91 Å². The van der Waals surface area contributed by atoms with E-state index in [1.165, 1.54) is 0 Å². The van der Waals surface area contributed by atoms with Crippen molar-refractivity contribution < 1.29 is 14.6 Å². The summed E-state index contributed by atoms with van der Waals surface area (Å²) < 4.78 is 7.22. The molecular formula is C18H23N3O3. The first-order chi connectivity index (χ1) is 11.5. The van der Waals surface area contributed by atoms with E-state index in [-0.39, 0.29) is 5.91 Å². The maximum atomic E-state index is 13.0. The van der Waals surface area contributed by atoms with Gasteiger partial charge in [0, 0.05) is 24.2 Å². The number of carbonyl (C=O) groups is 1. The number of benzene rings is 1. The molecule has 6 heteroatoms. The van der Waals surface area contributed by atoms with Crippen molar-refractivity contribution in [2.45, 2.75) is 39.5 Å². The van der Waals surface area contributed by atoms with Crippen molar-refractivity contribution in [2.75, 3.05) is 13.7 Å². The lowest BCUT2D eigenvalue weighted by Gasteiger charge is -2.21. The van der Waals surface area contributed by atoms with E-state index in [0.29, 0.717) is 24.3 Å². The molecule has 0 unspecified atom stereocenters. The summed E-state index contributed by atoms with van der Waals surface area (Å²) in [6.07, 6.45) is 0.233. The quantitative estimate of drug-likeness (QED) is 0.938. The molecule has 0 saturated heterocycles. The molecule has 24 heavy (non-hydrogen) atoms. The maximum absolute atomic E-state index is 13.0. The lowest BCUT2D eigenvalue weighted by Crippen LogP contribution is -2.31. The van der Waals surface area contributed by atoms with Crippen LogP contribution in [0.5, 0.6) is 5.75 Å². The van der Waals surface area contributed by atoms with Gasteiger partial charge in [-0.05, 0) is 38.5 Å². The lowest BCUT2D eigenvalue weighted by molar-refractivity contribution is 0.0744. The highest BCUT2D eigenvalue weighted by Gasteiger charge is 2.24. The molecule has 3 rings (SSSR count). The fourth-order valence-electron chi connectivity index (χ4n) is 3.10. The van der Waals surface area contributed by atoms with Gasteiger partial charge >= 0.3 is 0 Å². The van der Waals surface area contributed by atoms with E-state index in [4.69, 9.17) is 4.74 Å². The van der Waals surface area contributed by atoms with E-state index < -0.39 is 6.10 Å². The van der Waals surface area contributed by atoms with Crippen LogP contribution < -0.4 is 4.74 Å². The number of aromatic nitrogens is 2. The summed E-state index contributed by atoms with van der Waals surface area (Å²) in [5, 5.41) is 14.2. The number of ether oxygens (including phenoxy) is 1. The molecule has 0 aliphatic carbocycles. The Morgan fingerprint density at radius 2 is 2.17 bits per heavy atom. The second-order valence-corrected chi connectivity index (χ2v) is 6.17. The number of hydrogen-bond donors (Lipinski definition) is 1. The topological polar surface area (TPSA) is 67.6 Å². The highest BCUT2D eigenvalue weighted by atomic mass is 16.5. The number of methoxy groups -OCH3 is 1. The predicted molar refractivity (Wildman–Crippen MR) is 89.9 cm³/mol. The average Bonchev–Trinajstić information content (AvgIpc) is 2.87. The summed E-state index contributed by atoms with van der Waals surface area (Å²) in [6.45, 7) is 5.53. The molecule has 1 N–H and O–H groups in total. The van der Waals surface area contributed by atoms with Crippen LogP contribution in [0.25, 0.3) is 0 Å². The van der Waals surface area contributed by atoms with Crippen molar-refractivity contribution in [1.82, 2.24) is 14.7 Å². The van der Waals surface area contributed by atoms with E-state index in [1.807, 2.05) is 40.8 Å². The molecule has 2 heterocycles. The molecular weight excluding hydrogens is 306 g/mol. The van der Waals surface area contributed by atoms with Crippen molar-refractivity contribution in [3.8, 4) is 5.75 Å². The Morgan fingerprint density at radius 3 is 2.88 bits per heavy atom. The lowest BCUT2D eigenvalue weighted by atomic mass is 10.1. The van der Waals surface area contributed by atoms with Crippen LogP contribution in [0.15, 0.2) is 24.3 Å². The first-order valence-electron chi connectivity index (χ1n) is 8.19. The van der Waals surface area contributed by atoms with E-state index in [2.05, 4.69) is 5.10 Å². The average molecular weight is 329 g/mol. The number of nitrogens with zero attached hydrogens (tertiary/aromatic N) is 3. The summed E-state index contributed by atoms with van der Waals surface area (Å²) >= 11 is 0. The second-order valence-electron chi connectivity index (χ2n) is 6.17. The largest absolute Gasteiger partial charge is 0.496 e. The first-order valence-corrected chi connectivity index (χ1v) is 8.19. The van der Waals surface area contributed by atoms with Crippen LogP contribution in [0.2, 0.25) is 0 Å². The summed E-state index contributed by atoms with van der Waals surface area (Å²) in [5.41, 5.74) is 3.12. The number of fused-ring (bicyclic) bond motifs is 1. The Morgan fingerprint density at radius 1 is 1.38 bits per heavy atom. The van der Waals surface area contributed by atoms with Gasteiger partial charge in [0.2, 0.25) is 0 Å². The molecule has 0 fully saturated rings. The van der Waals surface area contributed by atoms with Crippen LogP contribution >= 0.6 is 0 Å². The monoisotopic (exact) mass is 329 g/mol. The summed E-state index contributed by atoms with van der Waals surface area (Å²) in [4.78, 5) is 14.8. The Kier molecular flexibility index (Phi) is 4.57. The van der Waals surface area contributed by atoms with Crippen molar-refractivity contribution in [2.24, 2.45) is 0 Å². The van der Waals surface area contributed by atoms with E-state index >= 15 is 0 Å². The number of aliphatic hydroxyl groups is 1. The molecule has 0 saturated carbocycles. The van der Waals surface area contributed by atoms with Crippen LogP contribution in [-0.4, -0.2) is 39.3 Å². The summed E-state index contributed by atoms with van der Waals surface area (Å²) in [7, 11) is 1.61.